The standard InChI is InChI=1S/C14H12BrFN2O/c1-8-3-2-4-10(13(8)16)14(19)18-9-5-6-11(15)12(17)7-9/h2-7H,17H2,1H3,(H,18,19). The lowest BCUT2D eigenvalue weighted by molar-refractivity contribution is 0.102. The summed E-state index contributed by atoms with van der Waals surface area (Å²) < 4.78 is 14.5. The van der Waals surface area contributed by atoms with Gasteiger partial charge in [0, 0.05) is 15.8 Å². The summed E-state index contributed by atoms with van der Waals surface area (Å²) in [5.74, 6) is -1.01. The summed E-state index contributed by atoms with van der Waals surface area (Å²) in [5, 5.41) is 2.61. The molecular weight excluding hydrogens is 311 g/mol. The first-order valence-corrected chi connectivity index (χ1v) is 6.40. The van der Waals surface area contributed by atoms with E-state index in [1.165, 1.54) is 6.07 Å². The third-order valence-corrected chi connectivity index (χ3v) is 3.41. The Morgan fingerprint density at radius 1 is 1.32 bits per heavy atom. The number of hydrogen-bond acceptors (Lipinski definition) is 2. The molecule has 0 unspecified atom stereocenters. The fourth-order valence-corrected chi connectivity index (χ4v) is 1.89. The number of hydrogen-bond donors (Lipinski definition) is 2. The van der Waals surface area contributed by atoms with Crippen molar-refractivity contribution >= 4 is 33.2 Å². The van der Waals surface area contributed by atoms with Crippen molar-refractivity contribution in [1.82, 2.24) is 0 Å². The van der Waals surface area contributed by atoms with Crippen molar-refractivity contribution in [3.05, 3.63) is 57.8 Å². The van der Waals surface area contributed by atoms with Gasteiger partial charge in [0.25, 0.3) is 5.91 Å². The first-order valence-electron chi connectivity index (χ1n) is 5.60. The molecule has 0 saturated heterocycles. The quantitative estimate of drug-likeness (QED) is 0.828. The Bertz CT molecular complexity index is 643. The average molecular weight is 323 g/mol. The minimum absolute atomic E-state index is 0.0153. The number of rotatable bonds is 2. The molecule has 2 rings (SSSR count). The highest BCUT2D eigenvalue weighted by Gasteiger charge is 2.13. The summed E-state index contributed by atoms with van der Waals surface area (Å²) in [7, 11) is 0. The van der Waals surface area contributed by atoms with Gasteiger partial charge >= 0.3 is 0 Å². The Balaban J connectivity index is 2.26. The van der Waals surface area contributed by atoms with Gasteiger partial charge in [-0.25, -0.2) is 4.39 Å². The third-order valence-electron chi connectivity index (χ3n) is 2.69. The van der Waals surface area contributed by atoms with E-state index in [2.05, 4.69) is 21.2 Å². The maximum atomic E-state index is 13.8. The molecule has 3 N–H and O–H groups in total. The van der Waals surface area contributed by atoms with Crippen LogP contribution >= 0.6 is 15.9 Å². The molecule has 19 heavy (non-hydrogen) atoms. The first kappa shape index (κ1) is 13.5. The molecule has 0 heterocycles. The summed E-state index contributed by atoms with van der Waals surface area (Å²) in [5.41, 5.74) is 7.19. The van der Waals surface area contributed by atoms with Gasteiger partial charge in [0.1, 0.15) is 5.82 Å². The average Bonchev–Trinajstić information content (AvgIpc) is 2.37. The lowest BCUT2D eigenvalue weighted by Gasteiger charge is -2.08. The number of aryl methyl sites for hydroxylation is 1. The molecule has 98 valence electrons. The van der Waals surface area contributed by atoms with Crippen LogP contribution in [-0.2, 0) is 0 Å². The zero-order chi connectivity index (χ0) is 14.0. The monoisotopic (exact) mass is 322 g/mol. The molecule has 0 aliphatic rings. The lowest BCUT2D eigenvalue weighted by Crippen LogP contribution is -2.14. The molecule has 5 heteroatoms. The van der Waals surface area contributed by atoms with Crippen LogP contribution in [0.15, 0.2) is 40.9 Å². The number of amides is 1. The zero-order valence-corrected chi connectivity index (χ0v) is 11.8. The topological polar surface area (TPSA) is 55.1 Å². The van der Waals surface area contributed by atoms with Crippen LogP contribution in [-0.4, -0.2) is 5.91 Å². The Kier molecular flexibility index (Phi) is 3.85. The van der Waals surface area contributed by atoms with Crippen LogP contribution in [0.4, 0.5) is 15.8 Å². The van der Waals surface area contributed by atoms with Crippen LogP contribution < -0.4 is 11.1 Å². The van der Waals surface area contributed by atoms with Gasteiger partial charge < -0.3 is 11.1 Å². The maximum Gasteiger partial charge on any atom is 0.258 e. The van der Waals surface area contributed by atoms with Gasteiger partial charge in [-0.05, 0) is 52.7 Å². The molecule has 0 radical (unpaired) electrons. The van der Waals surface area contributed by atoms with Crippen molar-refractivity contribution in [2.45, 2.75) is 6.92 Å². The molecule has 0 aliphatic heterocycles. The third kappa shape index (κ3) is 2.93. The van der Waals surface area contributed by atoms with Gasteiger partial charge in [-0.15, -0.1) is 0 Å². The predicted molar refractivity (Wildman–Crippen MR) is 77.6 cm³/mol. The molecule has 2 aromatic carbocycles. The van der Waals surface area contributed by atoms with E-state index >= 15 is 0 Å². The van der Waals surface area contributed by atoms with E-state index in [9.17, 15) is 9.18 Å². The molecule has 0 spiro atoms. The maximum absolute atomic E-state index is 13.8. The minimum atomic E-state index is -0.509. The SMILES string of the molecule is Cc1cccc(C(=O)Nc2ccc(Br)c(N)c2)c1F. The highest BCUT2D eigenvalue weighted by atomic mass is 79.9. The molecule has 0 fully saturated rings. The van der Waals surface area contributed by atoms with Crippen molar-refractivity contribution in [3.8, 4) is 0 Å². The van der Waals surface area contributed by atoms with Crippen LogP contribution in [0.5, 0.6) is 0 Å². The number of halogens is 2. The Hall–Kier alpha value is -1.88. The van der Waals surface area contributed by atoms with Gasteiger partial charge in [0.05, 0.1) is 5.56 Å². The number of anilines is 2. The second-order valence-corrected chi connectivity index (χ2v) is 4.98. The smallest absolute Gasteiger partial charge is 0.258 e. The molecule has 0 saturated carbocycles. The van der Waals surface area contributed by atoms with Crippen molar-refractivity contribution in [1.29, 1.82) is 0 Å². The van der Waals surface area contributed by atoms with Crippen molar-refractivity contribution in [2.24, 2.45) is 0 Å². The molecule has 0 aliphatic carbocycles. The van der Waals surface area contributed by atoms with E-state index in [0.717, 1.165) is 4.47 Å². The van der Waals surface area contributed by atoms with Gasteiger partial charge in [-0.3, -0.25) is 4.79 Å². The minimum Gasteiger partial charge on any atom is -0.398 e. The van der Waals surface area contributed by atoms with Gasteiger partial charge in [-0.1, -0.05) is 12.1 Å². The lowest BCUT2D eigenvalue weighted by atomic mass is 10.1. The fourth-order valence-electron chi connectivity index (χ4n) is 1.64. The number of benzene rings is 2. The number of nitrogen functional groups attached to an aromatic ring is 1. The molecule has 3 nitrogen and oxygen atoms in total. The zero-order valence-electron chi connectivity index (χ0n) is 10.2. The van der Waals surface area contributed by atoms with Crippen molar-refractivity contribution in [2.75, 3.05) is 11.1 Å². The fraction of sp³-hybridized carbons (Fsp3) is 0.0714. The molecule has 1 amide bonds. The Labute approximate surface area is 118 Å². The number of carbonyl (C=O) groups is 1. The van der Waals surface area contributed by atoms with Crippen LogP contribution in [0.1, 0.15) is 15.9 Å². The van der Waals surface area contributed by atoms with E-state index < -0.39 is 11.7 Å². The molecule has 0 aromatic heterocycles. The second kappa shape index (κ2) is 5.40. The summed E-state index contributed by atoms with van der Waals surface area (Å²) in [4.78, 5) is 12.0. The summed E-state index contributed by atoms with van der Waals surface area (Å²) >= 11 is 3.26. The summed E-state index contributed by atoms with van der Waals surface area (Å²) in [6.45, 7) is 1.61. The van der Waals surface area contributed by atoms with E-state index in [1.807, 2.05) is 0 Å². The molecule has 0 bridgehead atoms. The van der Waals surface area contributed by atoms with Gasteiger partial charge in [-0.2, -0.15) is 0 Å². The summed E-state index contributed by atoms with van der Waals surface area (Å²) in [6.07, 6.45) is 0. The van der Waals surface area contributed by atoms with E-state index in [1.54, 1.807) is 37.3 Å². The highest BCUT2D eigenvalue weighted by molar-refractivity contribution is 9.10. The molecular formula is C14H12BrFN2O. The highest BCUT2D eigenvalue weighted by Crippen LogP contribution is 2.23. The van der Waals surface area contributed by atoms with Crippen molar-refractivity contribution in [3.63, 3.8) is 0 Å². The van der Waals surface area contributed by atoms with E-state index in [4.69, 9.17) is 5.73 Å². The van der Waals surface area contributed by atoms with Crippen LogP contribution in [0.2, 0.25) is 0 Å². The predicted octanol–water partition coefficient (Wildman–Crippen LogP) is 3.73. The first-order chi connectivity index (χ1) is 8.99. The number of nitrogens with one attached hydrogen (secondary N) is 1. The molecule has 0 atom stereocenters. The van der Waals surface area contributed by atoms with Crippen LogP contribution in [0, 0.1) is 12.7 Å². The van der Waals surface area contributed by atoms with E-state index in [0.29, 0.717) is 16.9 Å². The summed E-state index contributed by atoms with van der Waals surface area (Å²) in [6, 6.07) is 9.71. The van der Waals surface area contributed by atoms with Gasteiger partial charge in [0.15, 0.2) is 0 Å². The molecule has 2 aromatic rings. The van der Waals surface area contributed by atoms with Gasteiger partial charge in [0.2, 0.25) is 0 Å². The number of nitrogens with two attached hydrogens (primary N) is 1. The van der Waals surface area contributed by atoms with E-state index in [-0.39, 0.29) is 5.56 Å². The normalized spacial score (nSPS) is 10.3. The Morgan fingerprint density at radius 2 is 2.05 bits per heavy atom. The van der Waals surface area contributed by atoms with Crippen LogP contribution in [0.25, 0.3) is 0 Å². The van der Waals surface area contributed by atoms with Crippen molar-refractivity contribution < 1.29 is 9.18 Å². The second-order valence-electron chi connectivity index (χ2n) is 4.13. The van der Waals surface area contributed by atoms with Crippen LogP contribution in [0.3, 0.4) is 0 Å². The Morgan fingerprint density at radius 3 is 2.74 bits per heavy atom. The number of carbonyl (C=O) groups excluding carboxylic acids is 1. The largest absolute Gasteiger partial charge is 0.398 e.